The van der Waals surface area contributed by atoms with Crippen molar-refractivity contribution in [3.8, 4) is 0 Å². The summed E-state index contributed by atoms with van der Waals surface area (Å²) >= 11 is 0. The van der Waals surface area contributed by atoms with Crippen LogP contribution in [0.4, 0.5) is 4.79 Å². The molecule has 35 heavy (non-hydrogen) atoms. The number of nitrogens with two attached hydrogens (primary N) is 1. The fourth-order valence-corrected chi connectivity index (χ4v) is 3.42. The molecule has 1 fully saturated rings. The van der Waals surface area contributed by atoms with Gasteiger partial charge in [-0.15, -0.1) is 0 Å². The Morgan fingerprint density at radius 3 is 2.11 bits per heavy atom. The van der Waals surface area contributed by atoms with Crippen molar-refractivity contribution in [3.05, 3.63) is 65.7 Å². The quantitative estimate of drug-likeness (QED) is 0.465. The number of hydrogen-bond acceptors (Lipinski definition) is 6. The number of ether oxygens (including phenoxy) is 1. The first-order valence-corrected chi connectivity index (χ1v) is 11.4. The summed E-state index contributed by atoms with van der Waals surface area (Å²) in [5.41, 5.74) is 7.07. The van der Waals surface area contributed by atoms with Crippen LogP contribution in [0.5, 0.6) is 0 Å². The molecule has 1 atom stereocenters. The van der Waals surface area contributed by atoms with Gasteiger partial charge < -0.3 is 30.4 Å². The molecule has 4 N–H and O–H groups in total. The molecule has 2 aromatic carbocycles. The summed E-state index contributed by atoms with van der Waals surface area (Å²) in [6.45, 7) is 7.68. The molecule has 3 amide bonds. The van der Waals surface area contributed by atoms with Gasteiger partial charge in [0.05, 0.1) is 11.2 Å². The highest BCUT2D eigenvalue weighted by Gasteiger charge is 2.51. The SMILES string of the molecule is CC1(C)OB(c2ccc(C[C@@H](NC(=O)CNC(=O)OCc3ccccc3)C(N)=O)cc2)OC1(C)C. The largest absolute Gasteiger partial charge is 0.494 e. The molecule has 186 valence electrons. The standard InChI is InChI=1S/C25H32BN3O6/c1-24(2)25(3,4)35-26(34-24)19-12-10-17(11-13-19)14-20(22(27)31)29-21(30)15-28-23(32)33-16-18-8-6-5-7-9-18/h5-13,20H,14-16H2,1-4H3,(H2,27,31)(H,28,32)(H,29,30)/t20-/m1/s1. The lowest BCUT2D eigenvalue weighted by atomic mass is 9.78. The van der Waals surface area contributed by atoms with Crippen molar-refractivity contribution in [2.45, 2.75) is 58.0 Å². The van der Waals surface area contributed by atoms with E-state index in [2.05, 4.69) is 10.6 Å². The third-order valence-corrected chi connectivity index (χ3v) is 6.23. The maximum atomic E-state index is 12.3. The van der Waals surface area contributed by atoms with Gasteiger partial charge in [0, 0.05) is 6.42 Å². The Bertz CT molecular complexity index is 1030. The zero-order valence-corrected chi connectivity index (χ0v) is 20.5. The number of primary amides is 1. The average molecular weight is 481 g/mol. The molecule has 3 rings (SSSR count). The van der Waals surface area contributed by atoms with E-state index in [4.69, 9.17) is 19.8 Å². The van der Waals surface area contributed by atoms with Crippen molar-refractivity contribution in [1.82, 2.24) is 10.6 Å². The average Bonchev–Trinajstić information content (AvgIpc) is 3.03. The molecule has 0 saturated carbocycles. The molecule has 1 aliphatic heterocycles. The predicted molar refractivity (Wildman–Crippen MR) is 132 cm³/mol. The first-order valence-electron chi connectivity index (χ1n) is 11.4. The third kappa shape index (κ3) is 7.06. The van der Waals surface area contributed by atoms with Gasteiger partial charge in [-0.25, -0.2) is 4.79 Å². The number of benzene rings is 2. The smallest absolute Gasteiger partial charge is 0.445 e. The van der Waals surface area contributed by atoms with Crippen molar-refractivity contribution < 1.29 is 28.4 Å². The van der Waals surface area contributed by atoms with Gasteiger partial charge in [-0.3, -0.25) is 9.59 Å². The van der Waals surface area contributed by atoms with Gasteiger partial charge in [0.2, 0.25) is 11.8 Å². The van der Waals surface area contributed by atoms with Gasteiger partial charge in [-0.05, 0) is 44.3 Å². The van der Waals surface area contributed by atoms with E-state index in [1.165, 1.54) is 0 Å². The molecule has 0 unspecified atom stereocenters. The van der Waals surface area contributed by atoms with Crippen LogP contribution in [0.1, 0.15) is 38.8 Å². The zero-order chi connectivity index (χ0) is 25.6. The predicted octanol–water partition coefficient (Wildman–Crippen LogP) is 1.42. The van der Waals surface area contributed by atoms with Crippen LogP contribution < -0.4 is 21.8 Å². The minimum absolute atomic E-state index is 0.0835. The zero-order valence-electron chi connectivity index (χ0n) is 20.5. The highest BCUT2D eigenvalue weighted by Crippen LogP contribution is 2.36. The van der Waals surface area contributed by atoms with Gasteiger partial charge in [-0.2, -0.15) is 0 Å². The number of amides is 3. The second kappa shape index (κ2) is 10.9. The molecule has 0 spiro atoms. The Morgan fingerprint density at radius 2 is 1.54 bits per heavy atom. The van der Waals surface area contributed by atoms with E-state index in [1.54, 1.807) is 0 Å². The topological polar surface area (TPSA) is 129 Å². The van der Waals surface area contributed by atoms with Crippen LogP contribution in [-0.2, 0) is 36.7 Å². The maximum Gasteiger partial charge on any atom is 0.494 e. The van der Waals surface area contributed by atoms with Crippen LogP contribution in [0.15, 0.2) is 54.6 Å². The summed E-state index contributed by atoms with van der Waals surface area (Å²) in [6.07, 6.45) is -0.540. The highest BCUT2D eigenvalue weighted by atomic mass is 16.7. The van der Waals surface area contributed by atoms with Gasteiger partial charge >= 0.3 is 13.2 Å². The molecule has 10 heteroatoms. The Morgan fingerprint density at radius 1 is 0.943 bits per heavy atom. The third-order valence-electron chi connectivity index (χ3n) is 6.23. The second-order valence-electron chi connectivity index (χ2n) is 9.47. The number of carbonyl (C=O) groups excluding carboxylic acids is 3. The van der Waals surface area contributed by atoms with E-state index in [0.29, 0.717) is 0 Å². The number of hydrogen-bond donors (Lipinski definition) is 3. The van der Waals surface area contributed by atoms with E-state index < -0.39 is 42.3 Å². The Hall–Kier alpha value is -3.37. The first kappa shape index (κ1) is 26.2. The van der Waals surface area contributed by atoms with Crippen LogP contribution in [0.25, 0.3) is 0 Å². The molecule has 0 radical (unpaired) electrons. The molecule has 1 aliphatic rings. The molecule has 1 heterocycles. The van der Waals surface area contributed by atoms with Crippen LogP contribution >= 0.6 is 0 Å². The minimum atomic E-state index is -0.938. The molecule has 0 bridgehead atoms. The first-order chi connectivity index (χ1) is 16.5. The molecule has 9 nitrogen and oxygen atoms in total. The summed E-state index contributed by atoms with van der Waals surface area (Å²) < 4.78 is 17.2. The Balaban J connectivity index is 1.48. The van der Waals surface area contributed by atoms with Crippen LogP contribution in [0, 0.1) is 0 Å². The van der Waals surface area contributed by atoms with E-state index in [-0.39, 0.29) is 19.6 Å². The Kier molecular flexibility index (Phi) is 8.19. The van der Waals surface area contributed by atoms with Gasteiger partial charge in [0.15, 0.2) is 0 Å². The van der Waals surface area contributed by atoms with E-state index in [9.17, 15) is 14.4 Å². The molecular weight excluding hydrogens is 449 g/mol. The number of carbonyl (C=O) groups is 3. The molecule has 0 aromatic heterocycles. The molecule has 0 aliphatic carbocycles. The number of nitrogens with one attached hydrogen (secondary N) is 2. The molecular formula is C25H32BN3O6. The lowest BCUT2D eigenvalue weighted by molar-refractivity contribution is -0.126. The van der Waals surface area contributed by atoms with Gasteiger partial charge in [0.25, 0.3) is 0 Å². The van der Waals surface area contributed by atoms with Crippen LogP contribution in [0.3, 0.4) is 0 Å². The normalized spacial score (nSPS) is 16.9. The van der Waals surface area contributed by atoms with E-state index >= 15 is 0 Å². The fraction of sp³-hybridized carbons (Fsp3) is 0.400. The Labute approximate surface area is 205 Å². The van der Waals surface area contributed by atoms with Gasteiger partial charge in [0.1, 0.15) is 19.2 Å². The summed E-state index contributed by atoms with van der Waals surface area (Å²) in [4.78, 5) is 36.0. The number of alkyl carbamates (subject to hydrolysis) is 1. The second-order valence-corrected chi connectivity index (χ2v) is 9.47. The lowest BCUT2D eigenvalue weighted by Gasteiger charge is -2.32. The van der Waals surface area contributed by atoms with Crippen LogP contribution in [0.2, 0.25) is 0 Å². The van der Waals surface area contributed by atoms with E-state index in [0.717, 1.165) is 16.6 Å². The van der Waals surface area contributed by atoms with Crippen molar-refractivity contribution in [2.24, 2.45) is 5.73 Å². The van der Waals surface area contributed by atoms with Gasteiger partial charge in [-0.1, -0.05) is 54.6 Å². The summed E-state index contributed by atoms with van der Waals surface area (Å²) in [6, 6.07) is 15.6. The van der Waals surface area contributed by atoms with E-state index in [1.807, 2.05) is 82.3 Å². The minimum Gasteiger partial charge on any atom is -0.445 e. The molecule has 2 aromatic rings. The van der Waals surface area contributed by atoms with Crippen LogP contribution in [-0.4, -0.2) is 48.8 Å². The molecule has 1 saturated heterocycles. The summed E-state index contributed by atoms with van der Waals surface area (Å²) in [5.74, 6) is -1.24. The van der Waals surface area contributed by atoms with Crippen molar-refractivity contribution >= 4 is 30.5 Å². The summed E-state index contributed by atoms with van der Waals surface area (Å²) in [7, 11) is -0.492. The highest BCUT2D eigenvalue weighted by molar-refractivity contribution is 6.62. The van der Waals surface area contributed by atoms with Crippen molar-refractivity contribution in [2.75, 3.05) is 6.54 Å². The summed E-state index contributed by atoms with van der Waals surface area (Å²) in [5, 5.41) is 4.91. The monoisotopic (exact) mass is 481 g/mol. The number of rotatable bonds is 9. The lowest BCUT2D eigenvalue weighted by Crippen LogP contribution is -2.49. The maximum absolute atomic E-state index is 12.3. The van der Waals surface area contributed by atoms with Crippen molar-refractivity contribution in [3.63, 3.8) is 0 Å². The van der Waals surface area contributed by atoms with Crippen molar-refractivity contribution in [1.29, 1.82) is 0 Å². The fourth-order valence-electron chi connectivity index (χ4n) is 3.42.